The van der Waals surface area contributed by atoms with Crippen molar-refractivity contribution in [3.8, 4) is 0 Å². The Bertz CT molecular complexity index is 918. The van der Waals surface area contributed by atoms with E-state index in [0.29, 0.717) is 12.8 Å². The second-order valence-corrected chi connectivity index (χ2v) is 13.7. The minimum absolute atomic E-state index is 0.316. The van der Waals surface area contributed by atoms with Crippen molar-refractivity contribution in [2.45, 2.75) is 152 Å². The zero-order chi connectivity index (χ0) is 30.5. The van der Waals surface area contributed by atoms with Crippen LogP contribution in [-0.4, -0.2) is 19.4 Å². The molecule has 0 aliphatic rings. The summed E-state index contributed by atoms with van der Waals surface area (Å²) in [5, 5.41) is 11.4. The minimum atomic E-state index is -4.68. The van der Waals surface area contributed by atoms with Crippen molar-refractivity contribution in [3.63, 3.8) is 0 Å². The monoisotopic (exact) mass is 630 g/mol. The van der Waals surface area contributed by atoms with Crippen molar-refractivity contribution in [2.75, 3.05) is 5.75 Å². The van der Waals surface area contributed by atoms with Crippen LogP contribution in [0.4, 0.5) is 17.6 Å². The SMILES string of the molecule is CCCCCCCCCCCCC(CCCCCCCCCC)CS(=O)(=O)c1c(F)c(F)c(SOOO)c(F)c1F. The molecule has 1 aromatic rings. The van der Waals surface area contributed by atoms with Crippen molar-refractivity contribution < 1.29 is 40.6 Å². The molecule has 0 fully saturated rings. The van der Waals surface area contributed by atoms with Gasteiger partial charge in [0.1, 0.15) is 9.79 Å². The van der Waals surface area contributed by atoms with Crippen molar-refractivity contribution in [1.29, 1.82) is 0 Å². The molecule has 5 nitrogen and oxygen atoms in total. The summed E-state index contributed by atoms with van der Waals surface area (Å²) in [6, 6.07) is 0. The van der Waals surface area contributed by atoms with E-state index in [1.807, 2.05) is 0 Å². The maximum absolute atomic E-state index is 14.7. The van der Waals surface area contributed by atoms with E-state index >= 15 is 0 Å². The molecule has 1 N–H and O–H groups in total. The highest BCUT2D eigenvalue weighted by Crippen LogP contribution is 2.35. The lowest BCUT2D eigenvalue weighted by molar-refractivity contribution is -0.432. The van der Waals surface area contributed by atoms with E-state index in [4.69, 9.17) is 5.26 Å². The van der Waals surface area contributed by atoms with E-state index in [-0.39, 0.29) is 18.0 Å². The lowest BCUT2D eigenvalue weighted by Gasteiger charge is -2.18. The van der Waals surface area contributed by atoms with Gasteiger partial charge in [0.25, 0.3) is 0 Å². The molecule has 41 heavy (non-hydrogen) atoms. The summed E-state index contributed by atoms with van der Waals surface area (Å²) in [4.78, 5) is -2.90. The first-order chi connectivity index (χ1) is 19.7. The Kier molecular flexibility index (Phi) is 21.1. The quantitative estimate of drug-likeness (QED) is 0.0274. The molecule has 1 aromatic carbocycles. The predicted molar refractivity (Wildman–Crippen MR) is 156 cm³/mol. The van der Waals surface area contributed by atoms with Crippen LogP contribution >= 0.6 is 12.0 Å². The van der Waals surface area contributed by atoms with E-state index in [9.17, 15) is 26.0 Å². The molecule has 0 saturated carbocycles. The van der Waals surface area contributed by atoms with Gasteiger partial charge in [0, 0.05) is 0 Å². The third-order valence-electron chi connectivity index (χ3n) is 7.53. The maximum atomic E-state index is 14.7. The summed E-state index contributed by atoms with van der Waals surface area (Å²) in [6.45, 7) is 4.36. The first-order valence-electron chi connectivity index (χ1n) is 15.4. The second-order valence-electron chi connectivity index (χ2n) is 11.0. The molecule has 0 radical (unpaired) electrons. The molecule has 0 amide bonds. The first-order valence-corrected chi connectivity index (χ1v) is 17.8. The first kappa shape index (κ1) is 38.1. The van der Waals surface area contributed by atoms with Crippen molar-refractivity contribution in [1.82, 2.24) is 0 Å². The lowest BCUT2D eigenvalue weighted by atomic mass is 9.95. The van der Waals surface area contributed by atoms with Crippen molar-refractivity contribution >= 4 is 21.9 Å². The number of unbranched alkanes of at least 4 members (excludes halogenated alkanes) is 16. The molecule has 1 rings (SSSR count). The molecular formula is C30H50F4O5S2. The van der Waals surface area contributed by atoms with Gasteiger partial charge >= 0.3 is 0 Å². The fourth-order valence-corrected chi connectivity index (χ4v) is 7.45. The van der Waals surface area contributed by atoms with Crippen LogP contribution in [0.5, 0.6) is 0 Å². The van der Waals surface area contributed by atoms with E-state index in [1.54, 1.807) is 0 Å². The van der Waals surface area contributed by atoms with E-state index in [1.165, 1.54) is 64.2 Å². The number of halogens is 4. The average molecular weight is 631 g/mol. The molecule has 0 aromatic heterocycles. The summed E-state index contributed by atoms with van der Waals surface area (Å²) in [6.07, 6.45) is 21.1. The number of hydrogen-bond acceptors (Lipinski definition) is 6. The highest BCUT2D eigenvalue weighted by Gasteiger charge is 2.35. The van der Waals surface area contributed by atoms with Crippen LogP contribution in [0.3, 0.4) is 0 Å². The van der Waals surface area contributed by atoms with Crippen LogP contribution in [0, 0.1) is 29.2 Å². The van der Waals surface area contributed by atoms with E-state index < -0.39 is 48.6 Å². The van der Waals surface area contributed by atoms with Gasteiger partial charge in [-0.1, -0.05) is 134 Å². The minimum Gasteiger partial charge on any atom is -0.223 e. The molecule has 0 heterocycles. The largest absolute Gasteiger partial charge is 0.223 e. The molecule has 240 valence electrons. The van der Waals surface area contributed by atoms with Crippen molar-refractivity contribution in [3.05, 3.63) is 23.3 Å². The number of sulfone groups is 1. The van der Waals surface area contributed by atoms with Crippen LogP contribution in [0.2, 0.25) is 0 Å². The molecule has 1 atom stereocenters. The van der Waals surface area contributed by atoms with Gasteiger partial charge in [-0.05, 0) is 18.8 Å². The molecule has 0 spiro atoms. The van der Waals surface area contributed by atoms with Crippen LogP contribution in [-0.2, 0) is 19.2 Å². The van der Waals surface area contributed by atoms with Gasteiger partial charge in [-0.15, -0.1) is 4.33 Å². The third kappa shape index (κ3) is 14.9. The molecule has 0 bridgehead atoms. The highest BCUT2D eigenvalue weighted by atomic mass is 32.2. The predicted octanol–water partition coefficient (Wildman–Crippen LogP) is 10.9. The number of rotatable bonds is 26. The van der Waals surface area contributed by atoms with Gasteiger partial charge in [0.2, 0.25) is 0 Å². The average Bonchev–Trinajstić information content (AvgIpc) is 2.94. The molecule has 0 saturated heterocycles. The molecule has 11 heteroatoms. The summed E-state index contributed by atoms with van der Waals surface area (Å²) < 4.78 is 88.5. The Morgan fingerprint density at radius 2 is 1.00 bits per heavy atom. The smallest absolute Gasteiger partial charge is 0.184 e. The van der Waals surface area contributed by atoms with Crippen LogP contribution < -0.4 is 0 Å². The lowest BCUT2D eigenvalue weighted by Crippen LogP contribution is -2.21. The zero-order valence-corrected chi connectivity index (χ0v) is 26.5. The number of benzene rings is 1. The Balaban J connectivity index is 2.81. The summed E-state index contributed by atoms with van der Waals surface area (Å²) in [7, 11) is -4.68. The standard InChI is InChI=1S/C30H50F4O5S2/c1-3-5-7-9-11-13-14-16-18-20-22-24(21-19-17-15-12-10-8-6-4-2)23-41(36,37)30-27(33)25(31)29(40-39-38-35)26(32)28(30)34/h24,35H,3-23H2,1-2H3. The van der Waals surface area contributed by atoms with Gasteiger partial charge < -0.3 is 0 Å². The maximum Gasteiger partial charge on any atom is 0.184 e. The molecule has 1 unspecified atom stereocenters. The molecule has 0 aliphatic heterocycles. The van der Waals surface area contributed by atoms with E-state index in [2.05, 4.69) is 23.2 Å². The van der Waals surface area contributed by atoms with Gasteiger partial charge in [-0.25, -0.2) is 31.2 Å². The van der Waals surface area contributed by atoms with Gasteiger partial charge in [0.15, 0.2) is 33.1 Å². The Morgan fingerprint density at radius 1 is 0.634 bits per heavy atom. The molecular weight excluding hydrogens is 580 g/mol. The normalized spacial score (nSPS) is 12.8. The van der Waals surface area contributed by atoms with Gasteiger partial charge in [-0.2, -0.15) is 0 Å². The van der Waals surface area contributed by atoms with Crippen LogP contribution in [0.25, 0.3) is 0 Å². The third-order valence-corrected chi connectivity index (χ3v) is 10.1. The Morgan fingerprint density at radius 3 is 1.37 bits per heavy atom. The van der Waals surface area contributed by atoms with Crippen LogP contribution in [0.1, 0.15) is 142 Å². The zero-order valence-electron chi connectivity index (χ0n) is 24.8. The Labute approximate surface area is 249 Å². The van der Waals surface area contributed by atoms with Crippen LogP contribution in [0.15, 0.2) is 9.79 Å². The fourth-order valence-electron chi connectivity index (χ4n) is 5.18. The topological polar surface area (TPSA) is 72.8 Å². The highest BCUT2D eigenvalue weighted by molar-refractivity contribution is 7.94. The van der Waals surface area contributed by atoms with Gasteiger partial charge in [0.05, 0.1) is 17.8 Å². The number of hydrogen-bond donors (Lipinski definition) is 1. The second kappa shape index (κ2) is 22.6. The summed E-state index contributed by atoms with van der Waals surface area (Å²) in [5.41, 5.74) is 0. The van der Waals surface area contributed by atoms with E-state index in [0.717, 1.165) is 51.4 Å². The Hall–Kier alpha value is -0.880. The van der Waals surface area contributed by atoms with Crippen molar-refractivity contribution in [2.24, 2.45) is 5.92 Å². The summed E-state index contributed by atoms with van der Waals surface area (Å²) in [5.74, 6) is -8.86. The fraction of sp³-hybridized carbons (Fsp3) is 0.800. The molecule has 0 aliphatic carbocycles. The van der Waals surface area contributed by atoms with Gasteiger partial charge in [-0.3, -0.25) is 0 Å². The summed E-state index contributed by atoms with van der Waals surface area (Å²) >= 11 is -0.316.